The van der Waals surface area contributed by atoms with Crippen LogP contribution in [0.4, 0.5) is 11.9 Å². The first kappa shape index (κ1) is 14.2. The highest BCUT2D eigenvalue weighted by Crippen LogP contribution is 2.20. The highest BCUT2D eigenvalue weighted by Gasteiger charge is 2.26. The van der Waals surface area contributed by atoms with Crippen molar-refractivity contribution >= 4 is 11.9 Å². The fraction of sp³-hybridized carbons (Fsp3) is 0.500. The summed E-state index contributed by atoms with van der Waals surface area (Å²) in [5, 5.41) is 12.7. The van der Waals surface area contributed by atoms with E-state index in [9.17, 15) is 5.11 Å². The first-order valence-corrected chi connectivity index (χ1v) is 6.51. The van der Waals surface area contributed by atoms with E-state index < -0.39 is 5.54 Å². The number of rotatable bonds is 6. The van der Waals surface area contributed by atoms with Crippen LogP contribution in [0.3, 0.4) is 0 Å². The average molecular weight is 277 g/mol. The number of hydrogen-bond donors (Lipinski definition) is 3. The van der Waals surface area contributed by atoms with E-state index in [2.05, 4.69) is 25.3 Å². The molecule has 8 heteroatoms. The molecule has 0 aliphatic heterocycles. The summed E-state index contributed by atoms with van der Waals surface area (Å²) in [6.07, 6.45) is 6.41. The average Bonchev–Trinajstić information content (AvgIpc) is 2.98. The molecule has 0 bridgehead atoms. The van der Waals surface area contributed by atoms with Gasteiger partial charge in [0.2, 0.25) is 17.8 Å². The van der Waals surface area contributed by atoms with Crippen molar-refractivity contribution in [2.75, 3.05) is 17.7 Å². The zero-order valence-electron chi connectivity index (χ0n) is 11.6. The van der Waals surface area contributed by atoms with Crippen LogP contribution in [-0.2, 0) is 0 Å². The van der Waals surface area contributed by atoms with E-state index >= 15 is 0 Å². The van der Waals surface area contributed by atoms with E-state index in [4.69, 9.17) is 5.73 Å². The summed E-state index contributed by atoms with van der Waals surface area (Å²) in [5.74, 6) is 0.848. The highest BCUT2D eigenvalue weighted by atomic mass is 16.3. The third-order valence-electron chi connectivity index (χ3n) is 3.41. The molecule has 0 saturated carbocycles. The van der Waals surface area contributed by atoms with Crippen molar-refractivity contribution in [3.8, 4) is 5.95 Å². The summed E-state index contributed by atoms with van der Waals surface area (Å²) in [7, 11) is 0. The van der Waals surface area contributed by atoms with E-state index in [1.807, 2.05) is 13.8 Å². The van der Waals surface area contributed by atoms with Gasteiger partial charge >= 0.3 is 0 Å². The van der Waals surface area contributed by atoms with E-state index in [0.29, 0.717) is 11.9 Å². The van der Waals surface area contributed by atoms with Gasteiger partial charge < -0.3 is 16.2 Å². The predicted octanol–water partition coefficient (Wildman–Crippen LogP) is 0.602. The Morgan fingerprint density at radius 3 is 2.60 bits per heavy atom. The van der Waals surface area contributed by atoms with Crippen LogP contribution >= 0.6 is 0 Å². The molecular weight excluding hydrogens is 258 g/mol. The molecule has 0 saturated heterocycles. The Kier molecular flexibility index (Phi) is 4.14. The second kappa shape index (κ2) is 5.83. The van der Waals surface area contributed by atoms with Crippen molar-refractivity contribution < 1.29 is 5.11 Å². The van der Waals surface area contributed by atoms with Gasteiger partial charge in [-0.15, -0.1) is 0 Å². The Hall–Kier alpha value is -2.22. The monoisotopic (exact) mass is 277 g/mol. The van der Waals surface area contributed by atoms with Gasteiger partial charge in [0.25, 0.3) is 0 Å². The van der Waals surface area contributed by atoms with Gasteiger partial charge in [-0.2, -0.15) is 15.0 Å². The number of nitrogens with one attached hydrogen (secondary N) is 1. The molecule has 0 amide bonds. The molecule has 2 aromatic rings. The molecule has 0 spiro atoms. The van der Waals surface area contributed by atoms with Crippen molar-refractivity contribution in [2.45, 2.75) is 32.2 Å². The maximum absolute atomic E-state index is 9.58. The third-order valence-corrected chi connectivity index (χ3v) is 3.41. The zero-order valence-corrected chi connectivity index (χ0v) is 11.6. The molecule has 0 fully saturated rings. The van der Waals surface area contributed by atoms with Crippen LogP contribution in [0.5, 0.6) is 0 Å². The molecule has 0 aliphatic rings. The number of nitrogen functional groups attached to an aromatic ring is 1. The minimum atomic E-state index is -0.458. The number of nitrogens with zero attached hydrogens (tertiary/aromatic N) is 5. The van der Waals surface area contributed by atoms with Crippen molar-refractivity contribution in [2.24, 2.45) is 0 Å². The van der Waals surface area contributed by atoms with Crippen LogP contribution in [0.1, 0.15) is 26.7 Å². The van der Waals surface area contributed by atoms with Crippen LogP contribution in [-0.4, -0.2) is 41.8 Å². The molecule has 2 rings (SSSR count). The van der Waals surface area contributed by atoms with Gasteiger partial charge in [-0.1, -0.05) is 13.8 Å². The van der Waals surface area contributed by atoms with E-state index in [1.165, 1.54) is 0 Å². The smallest absolute Gasteiger partial charge is 0.241 e. The van der Waals surface area contributed by atoms with Crippen LogP contribution in [0, 0.1) is 0 Å². The Morgan fingerprint density at radius 1 is 1.30 bits per heavy atom. The molecule has 0 atom stereocenters. The summed E-state index contributed by atoms with van der Waals surface area (Å²) < 4.78 is 1.64. The number of anilines is 2. The lowest BCUT2D eigenvalue weighted by molar-refractivity contribution is 0.201. The quantitative estimate of drug-likeness (QED) is 0.708. The molecule has 0 aromatic carbocycles. The minimum absolute atomic E-state index is 0.00794. The number of imidazole rings is 1. The molecule has 4 N–H and O–H groups in total. The highest BCUT2D eigenvalue weighted by molar-refractivity contribution is 5.37. The van der Waals surface area contributed by atoms with Gasteiger partial charge in [-0.3, -0.25) is 4.57 Å². The molecule has 8 nitrogen and oxygen atoms in total. The number of aliphatic hydroxyl groups is 1. The van der Waals surface area contributed by atoms with Crippen LogP contribution in [0.2, 0.25) is 0 Å². The SMILES string of the molecule is CCC(CC)(CO)Nc1nc(N)nc(-n2ccnc2)n1. The van der Waals surface area contributed by atoms with Gasteiger partial charge in [0.1, 0.15) is 6.33 Å². The first-order valence-electron chi connectivity index (χ1n) is 6.51. The molecule has 2 aromatic heterocycles. The second-order valence-corrected chi connectivity index (χ2v) is 4.56. The van der Waals surface area contributed by atoms with Crippen LogP contribution < -0.4 is 11.1 Å². The lowest BCUT2D eigenvalue weighted by Gasteiger charge is -2.30. The van der Waals surface area contributed by atoms with E-state index in [1.54, 1.807) is 23.3 Å². The first-order chi connectivity index (χ1) is 9.62. The molecule has 2 heterocycles. The second-order valence-electron chi connectivity index (χ2n) is 4.56. The Morgan fingerprint density at radius 2 is 2.05 bits per heavy atom. The van der Waals surface area contributed by atoms with Crippen molar-refractivity contribution in [1.29, 1.82) is 0 Å². The summed E-state index contributed by atoms with van der Waals surface area (Å²) in [4.78, 5) is 16.4. The third kappa shape index (κ3) is 2.85. The minimum Gasteiger partial charge on any atom is -0.394 e. The normalized spacial score (nSPS) is 11.6. The Balaban J connectivity index is 2.33. The maximum atomic E-state index is 9.58. The van der Waals surface area contributed by atoms with Crippen LogP contribution in [0.15, 0.2) is 18.7 Å². The van der Waals surface area contributed by atoms with Gasteiger partial charge in [0.05, 0.1) is 12.1 Å². The van der Waals surface area contributed by atoms with Gasteiger partial charge in [-0.25, -0.2) is 4.98 Å². The molecular formula is C12H19N7O. The fourth-order valence-electron chi connectivity index (χ4n) is 1.86. The van der Waals surface area contributed by atoms with Crippen LogP contribution in [0.25, 0.3) is 5.95 Å². The Bertz CT molecular complexity index is 543. The van der Waals surface area contributed by atoms with Gasteiger partial charge in [-0.05, 0) is 12.8 Å². The summed E-state index contributed by atoms with van der Waals surface area (Å²) in [6, 6.07) is 0. The lowest BCUT2D eigenvalue weighted by atomic mass is 9.94. The molecule has 0 radical (unpaired) electrons. The van der Waals surface area contributed by atoms with Gasteiger partial charge in [0, 0.05) is 12.4 Å². The fourth-order valence-corrected chi connectivity index (χ4v) is 1.86. The standard InChI is InChI=1S/C12H19N7O/c1-3-12(4-2,7-20)18-10-15-9(13)16-11(17-10)19-6-5-14-8-19/h5-6,8,20H,3-4,7H2,1-2H3,(H3,13,15,16,17,18). The van der Waals surface area contributed by atoms with Crippen molar-refractivity contribution in [1.82, 2.24) is 24.5 Å². The summed E-state index contributed by atoms with van der Waals surface area (Å²) >= 11 is 0. The number of aliphatic hydroxyl groups excluding tert-OH is 1. The largest absolute Gasteiger partial charge is 0.394 e. The zero-order chi connectivity index (χ0) is 14.6. The molecule has 0 aliphatic carbocycles. The number of hydrogen-bond acceptors (Lipinski definition) is 7. The topological polar surface area (TPSA) is 115 Å². The van der Waals surface area contributed by atoms with E-state index in [-0.39, 0.29) is 12.6 Å². The molecule has 0 unspecified atom stereocenters. The summed E-state index contributed by atoms with van der Waals surface area (Å²) in [6.45, 7) is 3.98. The van der Waals surface area contributed by atoms with Gasteiger partial charge in [0.15, 0.2) is 0 Å². The lowest BCUT2D eigenvalue weighted by Crippen LogP contribution is -2.41. The van der Waals surface area contributed by atoms with E-state index in [0.717, 1.165) is 12.8 Å². The Labute approximate surface area is 117 Å². The van der Waals surface area contributed by atoms with Crippen molar-refractivity contribution in [3.05, 3.63) is 18.7 Å². The summed E-state index contributed by atoms with van der Waals surface area (Å²) in [5.41, 5.74) is 5.25. The number of nitrogens with two attached hydrogens (primary N) is 1. The van der Waals surface area contributed by atoms with Crippen molar-refractivity contribution in [3.63, 3.8) is 0 Å². The predicted molar refractivity (Wildman–Crippen MR) is 75.4 cm³/mol. The number of aromatic nitrogens is 5. The molecule has 108 valence electrons. The maximum Gasteiger partial charge on any atom is 0.241 e. The molecule has 20 heavy (non-hydrogen) atoms.